The van der Waals surface area contributed by atoms with Gasteiger partial charge in [0.25, 0.3) is 0 Å². The molecule has 0 saturated heterocycles. The maximum absolute atomic E-state index is 12.1. The number of nitrogens with one attached hydrogen (secondary N) is 1. The predicted octanol–water partition coefficient (Wildman–Crippen LogP) is 5.81. The van der Waals surface area contributed by atoms with Crippen LogP contribution in [0.2, 0.25) is 5.02 Å². The van der Waals surface area contributed by atoms with Crippen LogP contribution in [0, 0.1) is 0 Å². The first-order chi connectivity index (χ1) is 15.7. The Labute approximate surface area is 194 Å². The van der Waals surface area contributed by atoms with Gasteiger partial charge in [-0.3, -0.25) is 4.79 Å². The number of amides is 1. The van der Waals surface area contributed by atoms with Crippen LogP contribution in [0.3, 0.4) is 0 Å². The SMILES string of the molecule is O=C(Cc1ccccc1)NCCCCCc1nc2ccccc2n1Cc1ccc(Cl)cc1. The highest BCUT2D eigenvalue weighted by Gasteiger charge is 2.11. The summed E-state index contributed by atoms with van der Waals surface area (Å²) in [7, 11) is 0. The van der Waals surface area contributed by atoms with Crippen LogP contribution in [-0.4, -0.2) is 22.0 Å². The van der Waals surface area contributed by atoms with Crippen molar-refractivity contribution in [2.45, 2.75) is 38.6 Å². The van der Waals surface area contributed by atoms with Crippen LogP contribution in [0.4, 0.5) is 0 Å². The minimum Gasteiger partial charge on any atom is -0.356 e. The standard InChI is InChI=1S/C27H28ClN3O/c28-23-16-14-22(15-17-23)20-31-25-12-7-6-11-24(25)30-26(31)13-5-2-8-18-29-27(32)19-21-9-3-1-4-10-21/h1,3-4,6-7,9-12,14-17H,2,5,8,13,18-20H2,(H,29,32). The van der Waals surface area contributed by atoms with Gasteiger partial charge in [0.15, 0.2) is 0 Å². The third kappa shape index (κ3) is 5.98. The summed E-state index contributed by atoms with van der Waals surface area (Å²) in [6.45, 7) is 1.50. The lowest BCUT2D eigenvalue weighted by Gasteiger charge is -2.10. The van der Waals surface area contributed by atoms with Crippen molar-refractivity contribution in [1.29, 1.82) is 0 Å². The monoisotopic (exact) mass is 445 g/mol. The molecule has 5 heteroatoms. The van der Waals surface area contributed by atoms with Gasteiger partial charge in [-0.25, -0.2) is 4.98 Å². The zero-order valence-corrected chi connectivity index (χ0v) is 18.9. The van der Waals surface area contributed by atoms with E-state index >= 15 is 0 Å². The van der Waals surface area contributed by atoms with E-state index < -0.39 is 0 Å². The van der Waals surface area contributed by atoms with Gasteiger partial charge in [0.2, 0.25) is 5.91 Å². The summed E-state index contributed by atoms with van der Waals surface area (Å²) in [5.41, 5.74) is 4.44. The van der Waals surface area contributed by atoms with Gasteiger partial charge in [-0.05, 0) is 48.2 Å². The van der Waals surface area contributed by atoms with Gasteiger partial charge in [0.1, 0.15) is 5.82 Å². The molecule has 0 atom stereocenters. The third-order valence-corrected chi connectivity index (χ3v) is 5.85. The molecule has 164 valence electrons. The van der Waals surface area contributed by atoms with Crippen molar-refractivity contribution in [3.63, 3.8) is 0 Å². The van der Waals surface area contributed by atoms with E-state index in [1.54, 1.807) is 0 Å². The van der Waals surface area contributed by atoms with Crippen molar-refractivity contribution in [1.82, 2.24) is 14.9 Å². The first kappa shape index (κ1) is 22.1. The quantitative estimate of drug-likeness (QED) is 0.313. The Morgan fingerprint density at radius 3 is 2.41 bits per heavy atom. The summed E-state index contributed by atoms with van der Waals surface area (Å²) in [6, 6.07) is 26.1. The van der Waals surface area contributed by atoms with Gasteiger partial charge in [0, 0.05) is 24.5 Å². The Morgan fingerprint density at radius 2 is 1.59 bits per heavy atom. The molecule has 1 aromatic heterocycles. The van der Waals surface area contributed by atoms with E-state index in [9.17, 15) is 4.79 Å². The smallest absolute Gasteiger partial charge is 0.224 e. The molecule has 1 N–H and O–H groups in total. The summed E-state index contributed by atoms with van der Waals surface area (Å²) < 4.78 is 2.31. The maximum atomic E-state index is 12.1. The average molecular weight is 446 g/mol. The van der Waals surface area contributed by atoms with Crippen LogP contribution >= 0.6 is 11.6 Å². The highest BCUT2D eigenvalue weighted by molar-refractivity contribution is 6.30. The second-order valence-corrected chi connectivity index (χ2v) is 8.49. The molecule has 0 aliphatic heterocycles. The number of unbranched alkanes of at least 4 members (excludes halogenated alkanes) is 2. The number of halogens is 1. The van der Waals surface area contributed by atoms with Crippen LogP contribution in [0.15, 0.2) is 78.9 Å². The minimum absolute atomic E-state index is 0.0842. The molecule has 32 heavy (non-hydrogen) atoms. The number of fused-ring (bicyclic) bond motifs is 1. The van der Waals surface area contributed by atoms with Crippen LogP contribution < -0.4 is 5.32 Å². The van der Waals surface area contributed by atoms with Gasteiger partial charge >= 0.3 is 0 Å². The number of nitrogens with zero attached hydrogens (tertiary/aromatic N) is 2. The van der Waals surface area contributed by atoms with Gasteiger partial charge in [-0.15, -0.1) is 0 Å². The zero-order chi connectivity index (χ0) is 22.2. The van der Waals surface area contributed by atoms with Crippen LogP contribution in [-0.2, 0) is 24.2 Å². The van der Waals surface area contributed by atoms with Gasteiger partial charge < -0.3 is 9.88 Å². The lowest BCUT2D eigenvalue weighted by Crippen LogP contribution is -2.26. The lowest BCUT2D eigenvalue weighted by molar-refractivity contribution is -0.120. The molecular formula is C27H28ClN3O. The Bertz CT molecular complexity index is 1150. The molecule has 1 amide bonds. The lowest BCUT2D eigenvalue weighted by atomic mass is 10.1. The van der Waals surface area contributed by atoms with E-state index in [1.165, 1.54) is 5.56 Å². The molecule has 4 rings (SSSR count). The molecule has 4 nitrogen and oxygen atoms in total. The molecule has 0 spiro atoms. The number of para-hydroxylation sites is 2. The van der Waals surface area contributed by atoms with Crippen molar-refractivity contribution >= 4 is 28.5 Å². The average Bonchev–Trinajstić information content (AvgIpc) is 3.15. The predicted molar refractivity (Wildman–Crippen MR) is 131 cm³/mol. The molecule has 0 unspecified atom stereocenters. The van der Waals surface area contributed by atoms with E-state index in [-0.39, 0.29) is 5.91 Å². The van der Waals surface area contributed by atoms with Crippen molar-refractivity contribution < 1.29 is 4.79 Å². The van der Waals surface area contributed by atoms with Gasteiger partial charge in [-0.1, -0.05) is 72.6 Å². The minimum atomic E-state index is 0.0842. The summed E-state index contributed by atoms with van der Waals surface area (Å²) >= 11 is 6.04. The first-order valence-electron chi connectivity index (χ1n) is 11.2. The molecule has 0 bridgehead atoms. The second kappa shape index (κ2) is 11.0. The summed E-state index contributed by atoms with van der Waals surface area (Å²) in [4.78, 5) is 17.0. The fourth-order valence-electron chi connectivity index (χ4n) is 3.92. The van der Waals surface area contributed by atoms with E-state index in [0.29, 0.717) is 13.0 Å². The molecule has 4 aromatic rings. The molecule has 0 aliphatic rings. The Morgan fingerprint density at radius 1 is 0.844 bits per heavy atom. The molecular weight excluding hydrogens is 418 g/mol. The van der Waals surface area contributed by atoms with E-state index in [1.807, 2.05) is 48.5 Å². The number of rotatable bonds is 10. The van der Waals surface area contributed by atoms with Crippen molar-refractivity contribution in [2.24, 2.45) is 0 Å². The van der Waals surface area contributed by atoms with Gasteiger partial charge in [-0.2, -0.15) is 0 Å². The second-order valence-electron chi connectivity index (χ2n) is 8.05. The largest absolute Gasteiger partial charge is 0.356 e. The maximum Gasteiger partial charge on any atom is 0.224 e. The molecule has 1 heterocycles. The highest BCUT2D eigenvalue weighted by Crippen LogP contribution is 2.20. The zero-order valence-electron chi connectivity index (χ0n) is 18.1. The fraction of sp³-hybridized carbons (Fsp3) is 0.259. The molecule has 0 radical (unpaired) electrons. The van der Waals surface area contributed by atoms with Crippen molar-refractivity contribution in [3.05, 3.63) is 101 Å². The van der Waals surface area contributed by atoms with E-state index in [0.717, 1.165) is 59.7 Å². The Hall–Kier alpha value is -3.11. The molecule has 3 aromatic carbocycles. The van der Waals surface area contributed by atoms with Crippen LogP contribution in [0.5, 0.6) is 0 Å². The number of hydrogen-bond donors (Lipinski definition) is 1. The first-order valence-corrected chi connectivity index (χ1v) is 11.6. The number of hydrogen-bond acceptors (Lipinski definition) is 2. The topological polar surface area (TPSA) is 46.9 Å². The molecule has 0 aliphatic carbocycles. The highest BCUT2D eigenvalue weighted by atomic mass is 35.5. The summed E-state index contributed by atoms with van der Waals surface area (Å²) in [6.07, 6.45) is 4.42. The summed E-state index contributed by atoms with van der Waals surface area (Å²) in [5, 5.41) is 3.78. The summed E-state index contributed by atoms with van der Waals surface area (Å²) in [5.74, 6) is 1.19. The Kier molecular flexibility index (Phi) is 7.57. The number of aromatic nitrogens is 2. The number of imidazole rings is 1. The fourth-order valence-corrected chi connectivity index (χ4v) is 4.05. The van der Waals surface area contributed by atoms with Crippen molar-refractivity contribution in [2.75, 3.05) is 6.54 Å². The van der Waals surface area contributed by atoms with E-state index in [4.69, 9.17) is 16.6 Å². The van der Waals surface area contributed by atoms with E-state index in [2.05, 4.69) is 40.2 Å². The van der Waals surface area contributed by atoms with Crippen LogP contribution in [0.25, 0.3) is 11.0 Å². The number of benzene rings is 3. The Balaban J connectivity index is 1.28. The number of carbonyl (C=O) groups excluding carboxylic acids is 1. The molecule has 0 saturated carbocycles. The third-order valence-electron chi connectivity index (χ3n) is 5.59. The number of carbonyl (C=O) groups is 1. The van der Waals surface area contributed by atoms with Crippen molar-refractivity contribution in [3.8, 4) is 0 Å². The number of aryl methyl sites for hydroxylation is 1. The van der Waals surface area contributed by atoms with Gasteiger partial charge in [0.05, 0.1) is 17.5 Å². The molecule has 0 fully saturated rings. The van der Waals surface area contributed by atoms with Crippen LogP contribution in [0.1, 0.15) is 36.2 Å². The normalized spacial score (nSPS) is 11.0.